The zero-order chi connectivity index (χ0) is 19.6. The Morgan fingerprint density at radius 3 is 2.64 bits per heavy atom. The highest BCUT2D eigenvalue weighted by Gasteiger charge is 2.12. The number of para-hydroxylation sites is 3. The van der Waals surface area contributed by atoms with Crippen LogP contribution in [0.1, 0.15) is 16.9 Å². The smallest absolute Gasteiger partial charge is 0.274 e. The van der Waals surface area contributed by atoms with Gasteiger partial charge in [0, 0.05) is 26.5 Å². The van der Waals surface area contributed by atoms with Gasteiger partial charge >= 0.3 is 0 Å². The van der Waals surface area contributed by atoms with Crippen molar-refractivity contribution in [1.82, 2.24) is 9.97 Å². The standard InChI is InChI=1S/C21H22N4O3/c1-27-15-7-13-22-21-23-14-12-18(25-21)20(26)24-17-10-5-6-11-19(17)28-16-8-3-2-4-9-16/h2-6,8-12,14H,7,13,15H2,1H3,(H,24,26)(H,22,23,25). The van der Waals surface area contributed by atoms with Gasteiger partial charge in [-0.05, 0) is 36.8 Å². The summed E-state index contributed by atoms with van der Waals surface area (Å²) in [5.41, 5.74) is 0.823. The van der Waals surface area contributed by atoms with E-state index < -0.39 is 0 Å². The zero-order valence-electron chi connectivity index (χ0n) is 15.6. The fourth-order valence-electron chi connectivity index (χ4n) is 2.45. The molecule has 2 aromatic carbocycles. The Kier molecular flexibility index (Phi) is 6.92. The average molecular weight is 378 g/mol. The fraction of sp³-hybridized carbons (Fsp3) is 0.190. The highest BCUT2D eigenvalue weighted by atomic mass is 16.5. The number of aromatic nitrogens is 2. The molecule has 1 heterocycles. The lowest BCUT2D eigenvalue weighted by atomic mass is 10.2. The minimum Gasteiger partial charge on any atom is -0.455 e. The number of hydrogen-bond acceptors (Lipinski definition) is 6. The van der Waals surface area contributed by atoms with Crippen molar-refractivity contribution in [1.29, 1.82) is 0 Å². The Morgan fingerprint density at radius 1 is 1.04 bits per heavy atom. The number of nitrogens with one attached hydrogen (secondary N) is 2. The van der Waals surface area contributed by atoms with Gasteiger partial charge in [0.2, 0.25) is 5.95 Å². The van der Waals surface area contributed by atoms with Gasteiger partial charge in [0.25, 0.3) is 5.91 Å². The summed E-state index contributed by atoms with van der Waals surface area (Å²) in [6.45, 7) is 1.30. The Morgan fingerprint density at radius 2 is 1.82 bits per heavy atom. The number of carbonyl (C=O) groups excluding carboxylic acids is 1. The first-order valence-electron chi connectivity index (χ1n) is 8.95. The lowest BCUT2D eigenvalue weighted by molar-refractivity contribution is 0.102. The Hall–Kier alpha value is -3.45. The summed E-state index contributed by atoms with van der Waals surface area (Å²) >= 11 is 0. The summed E-state index contributed by atoms with van der Waals surface area (Å²) in [7, 11) is 1.65. The van der Waals surface area contributed by atoms with E-state index in [1.165, 1.54) is 0 Å². The molecule has 0 radical (unpaired) electrons. The molecule has 0 aliphatic heterocycles. The maximum absolute atomic E-state index is 12.6. The van der Waals surface area contributed by atoms with Gasteiger partial charge in [0.15, 0.2) is 5.75 Å². The molecule has 0 bridgehead atoms. The second-order valence-corrected chi connectivity index (χ2v) is 5.90. The second kappa shape index (κ2) is 10.0. The van der Waals surface area contributed by atoms with Crippen molar-refractivity contribution in [3.8, 4) is 11.5 Å². The Bertz CT molecular complexity index is 903. The summed E-state index contributed by atoms with van der Waals surface area (Å²) in [6.07, 6.45) is 2.37. The second-order valence-electron chi connectivity index (χ2n) is 5.90. The van der Waals surface area contributed by atoms with Crippen LogP contribution >= 0.6 is 0 Å². The molecule has 7 heteroatoms. The molecule has 2 N–H and O–H groups in total. The van der Waals surface area contributed by atoms with Gasteiger partial charge < -0.3 is 20.1 Å². The molecule has 0 aliphatic carbocycles. The average Bonchev–Trinajstić information content (AvgIpc) is 2.74. The van der Waals surface area contributed by atoms with Crippen molar-refractivity contribution in [3.63, 3.8) is 0 Å². The molecule has 0 saturated carbocycles. The zero-order valence-corrected chi connectivity index (χ0v) is 15.6. The number of amides is 1. The molecule has 0 spiro atoms. The molecular formula is C21H22N4O3. The van der Waals surface area contributed by atoms with Crippen molar-refractivity contribution in [3.05, 3.63) is 72.6 Å². The van der Waals surface area contributed by atoms with Crippen LogP contribution in [0.5, 0.6) is 11.5 Å². The number of carbonyl (C=O) groups is 1. The number of methoxy groups -OCH3 is 1. The Labute approximate surface area is 163 Å². The van der Waals surface area contributed by atoms with Crippen LogP contribution in [0, 0.1) is 0 Å². The van der Waals surface area contributed by atoms with Crippen molar-refractivity contribution >= 4 is 17.5 Å². The third-order valence-corrected chi connectivity index (χ3v) is 3.80. The fourth-order valence-corrected chi connectivity index (χ4v) is 2.45. The van der Waals surface area contributed by atoms with Crippen molar-refractivity contribution in [2.45, 2.75) is 6.42 Å². The summed E-state index contributed by atoms with van der Waals surface area (Å²) < 4.78 is 10.9. The molecule has 3 rings (SSSR count). The molecule has 0 atom stereocenters. The van der Waals surface area contributed by atoms with Crippen LogP contribution in [0.4, 0.5) is 11.6 Å². The van der Waals surface area contributed by atoms with Crippen molar-refractivity contribution in [2.75, 3.05) is 30.9 Å². The lowest BCUT2D eigenvalue weighted by Gasteiger charge is -2.12. The summed E-state index contributed by atoms with van der Waals surface area (Å²) in [5, 5.41) is 5.92. The van der Waals surface area contributed by atoms with Gasteiger partial charge in [-0.15, -0.1) is 0 Å². The van der Waals surface area contributed by atoms with E-state index in [4.69, 9.17) is 9.47 Å². The first-order chi connectivity index (χ1) is 13.8. The van der Waals surface area contributed by atoms with E-state index in [-0.39, 0.29) is 11.6 Å². The highest BCUT2D eigenvalue weighted by molar-refractivity contribution is 6.03. The molecule has 0 unspecified atom stereocenters. The van der Waals surface area contributed by atoms with Crippen LogP contribution in [0.15, 0.2) is 66.9 Å². The van der Waals surface area contributed by atoms with E-state index in [0.29, 0.717) is 36.3 Å². The van der Waals surface area contributed by atoms with E-state index in [9.17, 15) is 4.79 Å². The molecule has 7 nitrogen and oxygen atoms in total. The molecule has 28 heavy (non-hydrogen) atoms. The van der Waals surface area contributed by atoms with Crippen LogP contribution in [0.3, 0.4) is 0 Å². The number of anilines is 2. The topological polar surface area (TPSA) is 85.4 Å². The number of hydrogen-bond donors (Lipinski definition) is 2. The number of nitrogens with zero attached hydrogens (tertiary/aromatic N) is 2. The van der Waals surface area contributed by atoms with Crippen LogP contribution in [0.25, 0.3) is 0 Å². The highest BCUT2D eigenvalue weighted by Crippen LogP contribution is 2.29. The normalized spacial score (nSPS) is 10.3. The maximum Gasteiger partial charge on any atom is 0.274 e. The minimum absolute atomic E-state index is 0.263. The van der Waals surface area contributed by atoms with Crippen molar-refractivity contribution < 1.29 is 14.3 Å². The minimum atomic E-state index is -0.341. The molecule has 0 fully saturated rings. The summed E-state index contributed by atoms with van der Waals surface area (Å²) in [6, 6.07) is 18.2. The van der Waals surface area contributed by atoms with Gasteiger partial charge in [-0.3, -0.25) is 4.79 Å². The molecular weight excluding hydrogens is 356 g/mol. The molecule has 0 saturated heterocycles. The van der Waals surface area contributed by atoms with Crippen LogP contribution in [0.2, 0.25) is 0 Å². The van der Waals surface area contributed by atoms with Gasteiger partial charge in [0.1, 0.15) is 11.4 Å². The number of rotatable bonds is 9. The van der Waals surface area contributed by atoms with E-state index in [1.807, 2.05) is 42.5 Å². The largest absolute Gasteiger partial charge is 0.455 e. The number of benzene rings is 2. The van der Waals surface area contributed by atoms with E-state index in [1.54, 1.807) is 31.5 Å². The van der Waals surface area contributed by atoms with E-state index in [2.05, 4.69) is 20.6 Å². The van der Waals surface area contributed by atoms with E-state index >= 15 is 0 Å². The van der Waals surface area contributed by atoms with E-state index in [0.717, 1.165) is 6.42 Å². The van der Waals surface area contributed by atoms with Crippen LogP contribution in [-0.4, -0.2) is 36.1 Å². The third-order valence-electron chi connectivity index (χ3n) is 3.80. The maximum atomic E-state index is 12.6. The molecule has 3 aromatic rings. The van der Waals surface area contributed by atoms with Gasteiger partial charge in [-0.25, -0.2) is 9.97 Å². The predicted octanol–water partition coefficient (Wildman–Crippen LogP) is 3.97. The van der Waals surface area contributed by atoms with Crippen molar-refractivity contribution in [2.24, 2.45) is 0 Å². The molecule has 0 aliphatic rings. The molecule has 144 valence electrons. The SMILES string of the molecule is COCCCNc1nccc(C(=O)Nc2ccccc2Oc2ccccc2)n1. The lowest BCUT2D eigenvalue weighted by Crippen LogP contribution is -2.16. The predicted molar refractivity (Wildman–Crippen MR) is 108 cm³/mol. The van der Waals surface area contributed by atoms with Gasteiger partial charge in [-0.1, -0.05) is 30.3 Å². The Balaban J connectivity index is 1.68. The quantitative estimate of drug-likeness (QED) is 0.548. The summed E-state index contributed by atoms with van der Waals surface area (Å²) in [5.74, 6) is 1.30. The third kappa shape index (κ3) is 5.52. The molecule has 1 aromatic heterocycles. The van der Waals surface area contributed by atoms with Crippen LogP contribution < -0.4 is 15.4 Å². The van der Waals surface area contributed by atoms with Crippen LogP contribution in [-0.2, 0) is 4.74 Å². The first-order valence-corrected chi connectivity index (χ1v) is 8.95. The monoisotopic (exact) mass is 378 g/mol. The number of ether oxygens (including phenoxy) is 2. The first kappa shape index (κ1) is 19.3. The van der Waals surface area contributed by atoms with Gasteiger partial charge in [-0.2, -0.15) is 0 Å². The molecule has 1 amide bonds. The van der Waals surface area contributed by atoms with Gasteiger partial charge in [0.05, 0.1) is 5.69 Å². The summed E-state index contributed by atoms with van der Waals surface area (Å²) in [4.78, 5) is 21.0.